The zero-order valence-corrected chi connectivity index (χ0v) is 10.6. The molecule has 0 aliphatic carbocycles. The maximum absolute atomic E-state index is 5.08. The van der Waals surface area contributed by atoms with Crippen molar-refractivity contribution in [1.29, 1.82) is 0 Å². The second kappa shape index (κ2) is 8.97. The molecule has 0 bridgehead atoms. The number of rotatable bonds is 8. The summed E-state index contributed by atoms with van der Waals surface area (Å²) in [5.74, 6) is 0.743. The molecular weight excluding hydrogens is 230 g/mol. The predicted molar refractivity (Wildman–Crippen MR) is 61.6 cm³/mol. The summed E-state index contributed by atoms with van der Waals surface area (Å²) in [5.41, 5.74) is 0. The average Bonchev–Trinajstić information content (AvgIpc) is 2.09. The van der Waals surface area contributed by atoms with E-state index in [1.165, 1.54) is 19.5 Å². The molecule has 0 heterocycles. The highest BCUT2D eigenvalue weighted by Gasteiger charge is 2.05. The van der Waals surface area contributed by atoms with Crippen molar-refractivity contribution in [1.82, 2.24) is 4.90 Å². The Hall–Kier alpha value is 0.400. The maximum Gasteiger partial charge on any atom is 0.0589 e. The van der Waals surface area contributed by atoms with Gasteiger partial charge in [0.1, 0.15) is 0 Å². The fourth-order valence-corrected chi connectivity index (χ4v) is 1.57. The smallest absolute Gasteiger partial charge is 0.0589 e. The molecule has 0 rings (SSSR count). The minimum absolute atomic E-state index is 0.743. The summed E-state index contributed by atoms with van der Waals surface area (Å²) in [6, 6.07) is 0. The van der Waals surface area contributed by atoms with E-state index in [-0.39, 0.29) is 0 Å². The Kier molecular flexibility index (Phi) is 9.25. The standard InChI is InChI=1S/C10H22BrNO/c1-10(2)9-12(6-4-5-11)7-8-13-3/h10H,4-9H2,1-3H3. The van der Waals surface area contributed by atoms with E-state index < -0.39 is 0 Å². The Morgan fingerprint density at radius 2 is 2.00 bits per heavy atom. The van der Waals surface area contributed by atoms with Crippen molar-refractivity contribution in [2.24, 2.45) is 5.92 Å². The SMILES string of the molecule is COCCN(CCCBr)CC(C)C. The molecule has 3 heteroatoms. The van der Waals surface area contributed by atoms with E-state index in [4.69, 9.17) is 4.74 Å². The van der Waals surface area contributed by atoms with Gasteiger partial charge in [0, 0.05) is 25.5 Å². The molecule has 0 radical (unpaired) electrons. The van der Waals surface area contributed by atoms with Gasteiger partial charge in [-0.05, 0) is 18.9 Å². The van der Waals surface area contributed by atoms with Gasteiger partial charge in [-0.2, -0.15) is 0 Å². The van der Waals surface area contributed by atoms with E-state index in [2.05, 4.69) is 34.7 Å². The van der Waals surface area contributed by atoms with E-state index in [0.717, 1.165) is 24.4 Å². The third-order valence-electron chi connectivity index (χ3n) is 1.84. The Morgan fingerprint density at radius 1 is 1.31 bits per heavy atom. The molecule has 0 unspecified atom stereocenters. The highest BCUT2D eigenvalue weighted by atomic mass is 79.9. The molecule has 2 nitrogen and oxygen atoms in total. The fourth-order valence-electron chi connectivity index (χ4n) is 1.31. The highest BCUT2D eigenvalue weighted by Crippen LogP contribution is 2.00. The first-order chi connectivity index (χ1) is 6.20. The van der Waals surface area contributed by atoms with Gasteiger partial charge in [-0.1, -0.05) is 29.8 Å². The van der Waals surface area contributed by atoms with Crippen LogP contribution >= 0.6 is 15.9 Å². The average molecular weight is 252 g/mol. The van der Waals surface area contributed by atoms with Crippen molar-refractivity contribution in [2.75, 3.05) is 38.7 Å². The monoisotopic (exact) mass is 251 g/mol. The molecule has 0 fully saturated rings. The molecule has 0 aromatic heterocycles. The molecule has 0 saturated carbocycles. The van der Waals surface area contributed by atoms with Crippen molar-refractivity contribution >= 4 is 15.9 Å². The van der Waals surface area contributed by atoms with Crippen LogP contribution in [0.4, 0.5) is 0 Å². The summed E-state index contributed by atoms with van der Waals surface area (Å²) in [4.78, 5) is 2.47. The van der Waals surface area contributed by atoms with Crippen LogP contribution in [-0.4, -0.2) is 43.6 Å². The zero-order chi connectivity index (χ0) is 10.1. The number of alkyl halides is 1. The van der Waals surface area contributed by atoms with Gasteiger partial charge < -0.3 is 9.64 Å². The Morgan fingerprint density at radius 3 is 2.46 bits per heavy atom. The Labute approximate surface area is 90.8 Å². The van der Waals surface area contributed by atoms with Crippen LogP contribution < -0.4 is 0 Å². The molecule has 80 valence electrons. The molecular formula is C10H22BrNO. The molecule has 0 aliphatic rings. The van der Waals surface area contributed by atoms with Crippen LogP contribution in [-0.2, 0) is 4.74 Å². The van der Waals surface area contributed by atoms with Crippen LogP contribution in [0.2, 0.25) is 0 Å². The van der Waals surface area contributed by atoms with Crippen LogP contribution in [0.15, 0.2) is 0 Å². The summed E-state index contributed by atoms with van der Waals surface area (Å²) in [5, 5.41) is 1.09. The molecule has 0 atom stereocenters. The molecule has 0 amide bonds. The van der Waals surface area contributed by atoms with Gasteiger partial charge in [0.25, 0.3) is 0 Å². The van der Waals surface area contributed by atoms with Crippen molar-refractivity contribution in [3.63, 3.8) is 0 Å². The van der Waals surface area contributed by atoms with Gasteiger partial charge in [0.15, 0.2) is 0 Å². The van der Waals surface area contributed by atoms with Crippen molar-refractivity contribution in [3.05, 3.63) is 0 Å². The van der Waals surface area contributed by atoms with Crippen LogP contribution in [0.3, 0.4) is 0 Å². The van der Waals surface area contributed by atoms with Crippen LogP contribution in [0.5, 0.6) is 0 Å². The number of ether oxygens (including phenoxy) is 1. The quantitative estimate of drug-likeness (QED) is 0.615. The molecule has 0 spiro atoms. The topological polar surface area (TPSA) is 12.5 Å². The maximum atomic E-state index is 5.08. The van der Waals surface area contributed by atoms with Crippen molar-refractivity contribution in [3.8, 4) is 0 Å². The first-order valence-electron chi connectivity index (χ1n) is 4.98. The summed E-state index contributed by atoms with van der Waals surface area (Å²) < 4.78 is 5.08. The Bertz CT molecular complexity index is 101. The second-order valence-electron chi connectivity index (χ2n) is 3.73. The van der Waals surface area contributed by atoms with Gasteiger partial charge in [0.2, 0.25) is 0 Å². The largest absolute Gasteiger partial charge is 0.383 e. The lowest BCUT2D eigenvalue weighted by Gasteiger charge is -2.23. The predicted octanol–water partition coefficient (Wildman–Crippen LogP) is 2.38. The third kappa shape index (κ3) is 8.72. The van der Waals surface area contributed by atoms with E-state index in [1.54, 1.807) is 7.11 Å². The van der Waals surface area contributed by atoms with Gasteiger partial charge in [-0.3, -0.25) is 0 Å². The molecule has 0 aromatic rings. The molecule has 13 heavy (non-hydrogen) atoms. The Balaban J connectivity index is 3.60. The van der Waals surface area contributed by atoms with Crippen molar-refractivity contribution in [2.45, 2.75) is 20.3 Å². The zero-order valence-electron chi connectivity index (χ0n) is 9.05. The van der Waals surface area contributed by atoms with Crippen molar-refractivity contribution < 1.29 is 4.74 Å². The normalized spacial score (nSPS) is 11.5. The van der Waals surface area contributed by atoms with Gasteiger partial charge in [0.05, 0.1) is 6.61 Å². The number of halogens is 1. The minimum atomic E-state index is 0.743. The number of hydrogen-bond acceptors (Lipinski definition) is 2. The second-order valence-corrected chi connectivity index (χ2v) is 4.52. The lowest BCUT2D eigenvalue weighted by Crippen LogP contribution is -2.32. The van der Waals surface area contributed by atoms with E-state index in [9.17, 15) is 0 Å². The summed E-state index contributed by atoms with van der Waals surface area (Å²) in [7, 11) is 1.76. The van der Waals surface area contributed by atoms with Gasteiger partial charge in [-0.25, -0.2) is 0 Å². The minimum Gasteiger partial charge on any atom is -0.383 e. The third-order valence-corrected chi connectivity index (χ3v) is 2.40. The van der Waals surface area contributed by atoms with Gasteiger partial charge in [-0.15, -0.1) is 0 Å². The van der Waals surface area contributed by atoms with Crippen LogP contribution in [0, 0.1) is 5.92 Å². The lowest BCUT2D eigenvalue weighted by atomic mass is 10.2. The highest BCUT2D eigenvalue weighted by molar-refractivity contribution is 9.09. The van der Waals surface area contributed by atoms with E-state index >= 15 is 0 Å². The first kappa shape index (κ1) is 13.4. The van der Waals surface area contributed by atoms with Crippen LogP contribution in [0.25, 0.3) is 0 Å². The van der Waals surface area contributed by atoms with Crippen LogP contribution in [0.1, 0.15) is 20.3 Å². The lowest BCUT2D eigenvalue weighted by molar-refractivity contribution is 0.140. The molecule has 0 aromatic carbocycles. The fraction of sp³-hybridized carbons (Fsp3) is 1.00. The van der Waals surface area contributed by atoms with E-state index in [0.29, 0.717) is 0 Å². The van der Waals surface area contributed by atoms with E-state index in [1.807, 2.05) is 0 Å². The van der Waals surface area contributed by atoms with Gasteiger partial charge >= 0.3 is 0 Å². The first-order valence-corrected chi connectivity index (χ1v) is 6.10. The number of nitrogens with zero attached hydrogens (tertiary/aromatic N) is 1. The molecule has 0 saturated heterocycles. The summed E-state index contributed by atoms with van der Waals surface area (Å²) >= 11 is 3.45. The summed E-state index contributed by atoms with van der Waals surface area (Å²) in [6.45, 7) is 8.77. The number of hydrogen-bond donors (Lipinski definition) is 0. The molecule has 0 aliphatic heterocycles. The molecule has 0 N–H and O–H groups in total. The summed E-state index contributed by atoms with van der Waals surface area (Å²) in [6.07, 6.45) is 1.22. The number of methoxy groups -OCH3 is 1.